The molecule has 1 aliphatic carbocycles. The molecule has 0 unspecified atom stereocenters. The van der Waals surface area contributed by atoms with Crippen molar-refractivity contribution in [1.82, 2.24) is 4.90 Å². The summed E-state index contributed by atoms with van der Waals surface area (Å²) in [6.45, 7) is 1.50. The molecule has 0 saturated heterocycles. The van der Waals surface area contributed by atoms with E-state index in [2.05, 4.69) is 17.3 Å². The van der Waals surface area contributed by atoms with Crippen LogP contribution in [0.5, 0.6) is 0 Å². The van der Waals surface area contributed by atoms with Gasteiger partial charge in [0.05, 0.1) is 5.56 Å². The smallest absolute Gasteiger partial charge is 0.337 e. The summed E-state index contributed by atoms with van der Waals surface area (Å²) in [7, 11) is 2.10. The highest BCUT2D eigenvalue weighted by Crippen LogP contribution is 2.22. The number of aromatic carboxylic acids is 1. The second kappa shape index (κ2) is 6.70. The minimum atomic E-state index is -1.11. The van der Waals surface area contributed by atoms with Crippen molar-refractivity contribution in [2.24, 2.45) is 0 Å². The third kappa shape index (κ3) is 3.70. The molecule has 0 amide bonds. The molecule has 1 saturated carbocycles. The summed E-state index contributed by atoms with van der Waals surface area (Å²) in [6.07, 6.45) is 5.08. The second-order valence-electron chi connectivity index (χ2n) is 5.34. The molecule has 5 heteroatoms. The first-order valence-electron chi connectivity index (χ1n) is 7.05. The molecule has 0 radical (unpaired) electrons. The van der Waals surface area contributed by atoms with Gasteiger partial charge in [0, 0.05) is 24.8 Å². The fraction of sp³-hybridized carbons (Fsp3) is 0.533. The van der Waals surface area contributed by atoms with Gasteiger partial charge in [-0.3, -0.25) is 0 Å². The number of likely N-dealkylation sites (N-methyl/N-ethyl adjacent to an activating group) is 1. The SMILES string of the molecule is CN(CCNc1ccc(F)cc1C(=O)O)C1CCCC1. The van der Waals surface area contributed by atoms with Crippen LogP contribution in [0, 0.1) is 5.82 Å². The first kappa shape index (κ1) is 14.8. The average molecular weight is 280 g/mol. The summed E-state index contributed by atoms with van der Waals surface area (Å²) < 4.78 is 13.1. The van der Waals surface area contributed by atoms with E-state index in [-0.39, 0.29) is 5.56 Å². The van der Waals surface area contributed by atoms with E-state index in [1.165, 1.54) is 37.8 Å². The van der Waals surface area contributed by atoms with Crippen molar-refractivity contribution in [3.8, 4) is 0 Å². The Bertz CT molecular complexity index is 473. The van der Waals surface area contributed by atoms with Crippen molar-refractivity contribution >= 4 is 11.7 Å². The molecule has 20 heavy (non-hydrogen) atoms. The predicted octanol–water partition coefficient (Wildman–Crippen LogP) is 2.81. The third-order valence-electron chi connectivity index (χ3n) is 3.94. The number of hydrogen-bond donors (Lipinski definition) is 2. The number of carboxylic acids is 1. The third-order valence-corrected chi connectivity index (χ3v) is 3.94. The van der Waals surface area contributed by atoms with Crippen LogP contribution in [0.15, 0.2) is 18.2 Å². The molecule has 0 bridgehead atoms. The van der Waals surface area contributed by atoms with Gasteiger partial charge in [-0.05, 0) is 38.1 Å². The fourth-order valence-electron chi connectivity index (χ4n) is 2.74. The molecule has 0 spiro atoms. The number of nitrogens with zero attached hydrogens (tertiary/aromatic N) is 1. The van der Waals surface area contributed by atoms with Gasteiger partial charge in [0.25, 0.3) is 0 Å². The number of halogens is 1. The number of anilines is 1. The Morgan fingerprint density at radius 1 is 1.45 bits per heavy atom. The molecule has 2 N–H and O–H groups in total. The summed E-state index contributed by atoms with van der Waals surface area (Å²) in [6, 6.07) is 4.44. The first-order chi connectivity index (χ1) is 9.58. The molecule has 110 valence electrons. The molecule has 1 fully saturated rings. The maximum absolute atomic E-state index is 13.1. The Balaban J connectivity index is 1.89. The maximum atomic E-state index is 13.1. The van der Waals surface area contributed by atoms with Crippen LogP contribution in [0.2, 0.25) is 0 Å². The van der Waals surface area contributed by atoms with Crippen LogP contribution in [-0.2, 0) is 0 Å². The van der Waals surface area contributed by atoms with Crippen molar-refractivity contribution in [2.75, 3.05) is 25.5 Å². The highest BCUT2D eigenvalue weighted by molar-refractivity contribution is 5.94. The van der Waals surface area contributed by atoms with Crippen molar-refractivity contribution in [3.05, 3.63) is 29.6 Å². The Hall–Kier alpha value is -1.62. The van der Waals surface area contributed by atoms with Gasteiger partial charge >= 0.3 is 5.97 Å². The zero-order valence-electron chi connectivity index (χ0n) is 11.7. The van der Waals surface area contributed by atoms with Crippen LogP contribution < -0.4 is 5.32 Å². The highest BCUT2D eigenvalue weighted by Gasteiger charge is 2.19. The molecule has 0 atom stereocenters. The average Bonchev–Trinajstić information content (AvgIpc) is 2.94. The Morgan fingerprint density at radius 3 is 2.80 bits per heavy atom. The fourth-order valence-corrected chi connectivity index (χ4v) is 2.74. The zero-order chi connectivity index (χ0) is 14.5. The van der Waals surface area contributed by atoms with Crippen LogP contribution >= 0.6 is 0 Å². The van der Waals surface area contributed by atoms with E-state index in [1.54, 1.807) is 0 Å². The summed E-state index contributed by atoms with van der Waals surface area (Å²) in [5, 5.41) is 12.1. The summed E-state index contributed by atoms with van der Waals surface area (Å²) in [5.41, 5.74) is 0.451. The van der Waals surface area contributed by atoms with E-state index in [9.17, 15) is 9.18 Å². The molecule has 0 aromatic heterocycles. The van der Waals surface area contributed by atoms with Gasteiger partial charge in [0.15, 0.2) is 0 Å². The van der Waals surface area contributed by atoms with E-state index in [0.717, 1.165) is 12.6 Å². The van der Waals surface area contributed by atoms with Crippen molar-refractivity contribution in [2.45, 2.75) is 31.7 Å². The largest absolute Gasteiger partial charge is 0.478 e. The van der Waals surface area contributed by atoms with E-state index < -0.39 is 11.8 Å². The quantitative estimate of drug-likeness (QED) is 0.841. The summed E-state index contributed by atoms with van der Waals surface area (Å²) >= 11 is 0. The number of carboxylic acid groups (broad SMARTS) is 1. The van der Waals surface area contributed by atoms with E-state index in [4.69, 9.17) is 5.11 Å². The Morgan fingerprint density at radius 2 is 2.15 bits per heavy atom. The zero-order valence-corrected chi connectivity index (χ0v) is 11.7. The lowest BCUT2D eigenvalue weighted by Crippen LogP contribution is -2.33. The predicted molar refractivity (Wildman–Crippen MR) is 76.7 cm³/mol. The molecular weight excluding hydrogens is 259 g/mol. The van der Waals surface area contributed by atoms with Crippen molar-refractivity contribution < 1.29 is 14.3 Å². The van der Waals surface area contributed by atoms with Crippen LogP contribution in [0.4, 0.5) is 10.1 Å². The number of benzene rings is 1. The second-order valence-corrected chi connectivity index (χ2v) is 5.34. The highest BCUT2D eigenvalue weighted by atomic mass is 19.1. The van der Waals surface area contributed by atoms with Crippen molar-refractivity contribution in [1.29, 1.82) is 0 Å². The molecule has 0 heterocycles. The van der Waals surface area contributed by atoms with Gasteiger partial charge < -0.3 is 15.3 Å². The van der Waals surface area contributed by atoms with Crippen molar-refractivity contribution in [3.63, 3.8) is 0 Å². The van der Waals surface area contributed by atoms with Gasteiger partial charge in [0.1, 0.15) is 5.82 Å². The summed E-state index contributed by atoms with van der Waals surface area (Å²) in [4.78, 5) is 13.4. The van der Waals surface area contributed by atoms with Gasteiger partial charge in [-0.15, -0.1) is 0 Å². The standard InChI is InChI=1S/C15H21FN2O2/c1-18(12-4-2-3-5-12)9-8-17-14-7-6-11(16)10-13(14)15(19)20/h6-7,10,12,17H,2-5,8-9H2,1H3,(H,19,20). The first-order valence-corrected chi connectivity index (χ1v) is 7.05. The van der Waals surface area contributed by atoms with Gasteiger partial charge in [-0.1, -0.05) is 12.8 Å². The Labute approximate surface area is 118 Å². The van der Waals surface area contributed by atoms with Crippen LogP contribution in [-0.4, -0.2) is 42.2 Å². The van der Waals surface area contributed by atoms with Gasteiger partial charge in [0.2, 0.25) is 0 Å². The van der Waals surface area contributed by atoms with Gasteiger partial charge in [-0.25, -0.2) is 9.18 Å². The molecule has 1 aliphatic rings. The minimum absolute atomic E-state index is 0.0199. The molecule has 0 aliphatic heterocycles. The molecule has 1 aromatic rings. The van der Waals surface area contributed by atoms with E-state index in [0.29, 0.717) is 18.3 Å². The van der Waals surface area contributed by atoms with Crippen LogP contribution in [0.1, 0.15) is 36.0 Å². The van der Waals surface area contributed by atoms with Crippen LogP contribution in [0.25, 0.3) is 0 Å². The molecule has 2 rings (SSSR count). The Kier molecular flexibility index (Phi) is 4.95. The van der Waals surface area contributed by atoms with E-state index in [1.807, 2.05) is 0 Å². The lowest BCUT2D eigenvalue weighted by atomic mass is 10.1. The number of carbonyl (C=O) groups is 1. The summed E-state index contributed by atoms with van der Waals surface area (Å²) in [5.74, 6) is -1.65. The number of rotatable bonds is 6. The van der Waals surface area contributed by atoms with E-state index >= 15 is 0 Å². The minimum Gasteiger partial charge on any atom is -0.478 e. The lowest BCUT2D eigenvalue weighted by molar-refractivity contribution is 0.0697. The van der Waals surface area contributed by atoms with Crippen LogP contribution in [0.3, 0.4) is 0 Å². The topological polar surface area (TPSA) is 52.6 Å². The van der Waals surface area contributed by atoms with Gasteiger partial charge in [-0.2, -0.15) is 0 Å². The number of hydrogen-bond acceptors (Lipinski definition) is 3. The molecule has 4 nitrogen and oxygen atoms in total. The normalized spacial score (nSPS) is 15.8. The molecular formula is C15H21FN2O2. The maximum Gasteiger partial charge on any atom is 0.337 e. The lowest BCUT2D eigenvalue weighted by Gasteiger charge is -2.24. The monoisotopic (exact) mass is 280 g/mol. The number of nitrogens with one attached hydrogen (secondary N) is 1. The molecule has 1 aromatic carbocycles.